The molecule has 8 heteroatoms. The molecule has 138 valence electrons. The van der Waals surface area contributed by atoms with Crippen molar-refractivity contribution < 1.29 is 0 Å². The largest absolute Gasteiger partial charge is 0.341 e. The van der Waals surface area contributed by atoms with Gasteiger partial charge in [0.25, 0.3) is 11.1 Å². The van der Waals surface area contributed by atoms with Crippen LogP contribution in [0.15, 0.2) is 40.1 Å². The van der Waals surface area contributed by atoms with Gasteiger partial charge in [-0.2, -0.15) is 10.1 Å². The van der Waals surface area contributed by atoms with Crippen molar-refractivity contribution in [2.75, 3.05) is 18.0 Å². The second-order valence-electron chi connectivity index (χ2n) is 7.47. The summed E-state index contributed by atoms with van der Waals surface area (Å²) in [6, 6.07) is 6.96. The van der Waals surface area contributed by atoms with Crippen LogP contribution in [0.4, 0.5) is 5.95 Å². The molecule has 0 radical (unpaired) electrons. The number of anilines is 1. The Bertz CT molecular complexity index is 1140. The molecule has 1 saturated carbocycles. The van der Waals surface area contributed by atoms with Crippen LogP contribution in [0.2, 0.25) is 0 Å². The molecule has 3 aromatic heterocycles. The van der Waals surface area contributed by atoms with E-state index in [1.165, 1.54) is 0 Å². The molecule has 0 atom stereocenters. The van der Waals surface area contributed by atoms with E-state index >= 15 is 0 Å². The minimum atomic E-state index is -0.0958. The SMILES string of the molecule is Cn1c(N2CC(Cn3nc(C4CC4)ccc3=O)C2)nc2ncccc2c1=O. The molecular weight excluding hydrogens is 344 g/mol. The summed E-state index contributed by atoms with van der Waals surface area (Å²) in [6.07, 6.45) is 3.97. The summed E-state index contributed by atoms with van der Waals surface area (Å²) in [6.45, 7) is 2.07. The van der Waals surface area contributed by atoms with E-state index in [9.17, 15) is 9.59 Å². The Morgan fingerprint density at radius 2 is 1.96 bits per heavy atom. The quantitative estimate of drug-likeness (QED) is 0.684. The van der Waals surface area contributed by atoms with Gasteiger partial charge < -0.3 is 4.90 Å². The standard InChI is InChI=1S/C19H20N6O2/c1-23-18(27)14-3-2-8-20-17(14)21-19(23)24-9-12(10-24)11-25-16(26)7-6-15(22-25)13-4-5-13/h2-3,6-8,12-13H,4-5,9-11H2,1H3. The van der Waals surface area contributed by atoms with E-state index in [0.717, 1.165) is 31.6 Å². The van der Waals surface area contributed by atoms with Gasteiger partial charge in [0, 0.05) is 44.2 Å². The van der Waals surface area contributed by atoms with Crippen LogP contribution in [0.1, 0.15) is 24.5 Å². The van der Waals surface area contributed by atoms with Crippen molar-refractivity contribution in [2.45, 2.75) is 25.3 Å². The third-order valence-corrected chi connectivity index (χ3v) is 5.38. The number of rotatable bonds is 4. The highest BCUT2D eigenvalue weighted by Gasteiger charge is 2.31. The van der Waals surface area contributed by atoms with Gasteiger partial charge in [0.2, 0.25) is 5.95 Å². The maximum atomic E-state index is 12.5. The molecule has 1 aliphatic carbocycles. The Labute approximate surface area is 155 Å². The van der Waals surface area contributed by atoms with Gasteiger partial charge in [0.1, 0.15) is 0 Å². The topological polar surface area (TPSA) is 85.9 Å². The van der Waals surface area contributed by atoms with Crippen molar-refractivity contribution >= 4 is 17.0 Å². The molecule has 0 N–H and O–H groups in total. The fourth-order valence-corrected chi connectivity index (χ4v) is 3.66. The highest BCUT2D eigenvalue weighted by Crippen LogP contribution is 2.38. The van der Waals surface area contributed by atoms with Gasteiger partial charge in [0.15, 0.2) is 5.65 Å². The summed E-state index contributed by atoms with van der Waals surface area (Å²) in [5.74, 6) is 1.45. The predicted molar refractivity (Wildman–Crippen MR) is 101 cm³/mol. The zero-order chi connectivity index (χ0) is 18.5. The molecule has 1 saturated heterocycles. The van der Waals surface area contributed by atoms with Gasteiger partial charge in [0.05, 0.1) is 17.6 Å². The summed E-state index contributed by atoms with van der Waals surface area (Å²) in [5, 5.41) is 5.05. The Hall–Kier alpha value is -3.03. The van der Waals surface area contributed by atoms with Gasteiger partial charge >= 0.3 is 0 Å². The molecular formula is C19H20N6O2. The first-order valence-corrected chi connectivity index (χ1v) is 9.25. The summed E-state index contributed by atoms with van der Waals surface area (Å²) in [4.78, 5) is 35.4. The van der Waals surface area contributed by atoms with Crippen molar-refractivity contribution in [2.24, 2.45) is 13.0 Å². The van der Waals surface area contributed by atoms with E-state index in [1.54, 1.807) is 40.7 Å². The Kier molecular flexibility index (Phi) is 3.60. The number of pyridine rings is 1. The molecule has 0 bridgehead atoms. The molecule has 1 aliphatic heterocycles. The lowest BCUT2D eigenvalue weighted by atomic mass is 10.0. The van der Waals surface area contributed by atoms with Crippen LogP contribution >= 0.6 is 0 Å². The van der Waals surface area contributed by atoms with E-state index in [0.29, 0.717) is 35.4 Å². The number of fused-ring (bicyclic) bond motifs is 1. The Morgan fingerprint density at radius 3 is 2.74 bits per heavy atom. The van der Waals surface area contributed by atoms with Crippen molar-refractivity contribution in [3.8, 4) is 0 Å². The lowest BCUT2D eigenvalue weighted by Crippen LogP contribution is -2.51. The minimum Gasteiger partial charge on any atom is -0.341 e. The van der Waals surface area contributed by atoms with E-state index in [4.69, 9.17) is 0 Å². The van der Waals surface area contributed by atoms with Crippen LogP contribution in [0.25, 0.3) is 11.0 Å². The van der Waals surface area contributed by atoms with Crippen LogP contribution in [0.3, 0.4) is 0 Å². The van der Waals surface area contributed by atoms with Crippen molar-refractivity contribution in [1.29, 1.82) is 0 Å². The molecule has 0 unspecified atom stereocenters. The number of hydrogen-bond donors (Lipinski definition) is 0. The van der Waals surface area contributed by atoms with Crippen molar-refractivity contribution in [1.82, 2.24) is 24.3 Å². The molecule has 0 aromatic carbocycles. The van der Waals surface area contributed by atoms with Gasteiger partial charge in [-0.1, -0.05) is 0 Å². The number of aromatic nitrogens is 5. The van der Waals surface area contributed by atoms with Crippen LogP contribution in [-0.2, 0) is 13.6 Å². The fraction of sp³-hybridized carbons (Fsp3) is 0.421. The molecule has 8 nitrogen and oxygen atoms in total. The summed E-state index contributed by atoms with van der Waals surface area (Å²) in [7, 11) is 1.73. The molecule has 4 heterocycles. The Morgan fingerprint density at radius 1 is 1.15 bits per heavy atom. The van der Waals surface area contributed by atoms with Crippen molar-refractivity contribution in [3.63, 3.8) is 0 Å². The van der Waals surface area contributed by atoms with Gasteiger partial charge in [-0.3, -0.25) is 14.2 Å². The first-order chi connectivity index (χ1) is 13.1. The molecule has 3 aromatic rings. The number of hydrogen-bond acceptors (Lipinski definition) is 6. The molecule has 0 spiro atoms. The lowest BCUT2D eigenvalue weighted by Gasteiger charge is -2.40. The van der Waals surface area contributed by atoms with E-state index in [1.807, 2.05) is 6.07 Å². The van der Waals surface area contributed by atoms with E-state index in [-0.39, 0.29) is 11.1 Å². The monoisotopic (exact) mass is 364 g/mol. The van der Waals surface area contributed by atoms with E-state index < -0.39 is 0 Å². The minimum absolute atomic E-state index is 0.0571. The van der Waals surface area contributed by atoms with Crippen LogP contribution in [-0.4, -0.2) is 37.4 Å². The van der Waals surface area contributed by atoms with E-state index in [2.05, 4.69) is 20.0 Å². The fourth-order valence-electron chi connectivity index (χ4n) is 3.66. The Balaban J connectivity index is 1.35. The highest BCUT2D eigenvalue weighted by atomic mass is 16.1. The average molecular weight is 364 g/mol. The second-order valence-corrected chi connectivity index (χ2v) is 7.47. The second kappa shape index (κ2) is 6.00. The zero-order valence-corrected chi connectivity index (χ0v) is 15.1. The van der Waals surface area contributed by atoms with Gasteiger partial charge in [-0.25, -0.2) is 9.67 Å². The summed E-state index contributed by atoms with van der Waals surface area (Å²) in [5.41, 5.74) is 1.34. The van der Waals surface area contributed by atoms with Gasteiger partial charge in [-0.05, 0) is 31.0 Å². The molecule has 5 rings (SSSR count). The molecule has 2 fully saturated rings. The molecule has 0 amide bonds. The average Bonchev–Trinajstić information content (AvgIpc) is 3.48. The molecule has 27 heavy (non-hydrogen) atoms. The number of nitrogens with zero attached hydrogens (tertiary/aromatic N) is 6. The summed E-state index contributed by atoms with van der Waals surface area (Å²) >= 11 is 0. The first-order valence-electron chi connectivity index (χ1n) is 9.25. The maximum absolute atomic E-state index is 12.5. The molecule has 2 aliphatic rings. The zero-order valence-electron chi connectivity index (χ0n) is 15.1. The van der Waals surface area contributed by atoms with Crippen LogP contribution < -0.4 is 16.0 Å². The third kappa shape index (κ3) is 2.81. The van der Waals surface area contributed by atoms with Crippen LogP contribution in [0, 0.1) is 5.92 Å². The van der Waals surface area contributed by atoms with Crippen molar-refractivity contribution in [3.05, 3.63) is 56.9 Å². The normalized spacial score (nSPS) is 17.3. The predicted octanol–water partition coefficient (Wildman–Crippen LogP) is 0.899. The van der Waals surface area contributed by atoms with Gasteiger partial charge in [-0.15, -0.1) is 0 Å². The smallest absolute Gasteiger partial charge is 0.266 e. The summed E-state index contributed by atoms with van der Waals surface area (Å²) < 4.78 is 3.16. The lowest BCUT2D eigenvalue weighted by molar-refractivity contribution is 0.327. The first kappa shape index (κ1) is 16.2. The maximum Gasteiger partial charge on any atom is 0.266 e. The highest BCUT2D eigenvalue weighted by molar-refractivity contribution is 5.74. The third-order valence-electron chi connectivity index (χ3n) is 5.38. The van der Waals surface area contributed by atoms with Crippen LogP contribution in [0.5, 0.6) is 0 Å².